The van der Waals surface area contributed by atoms with E-state index in [2.05, 4.69) is 34.6 Å². The maximum absolute atomic E-state index is 12.6. The molecule has 0 bridgehead atoms. The smallest absolute Gasteiger partial charge is 0.330 e. The van der Waals surface area contributed by atoms with E-state index in [1.807, 2.05) is 6.92 Å². The van der Waals surface area contributed by atoms with Crippen molar-refractivity contribution in [2.24, 2.45) is 39.4 Å². The van der Waals surface area contributed by atoms with Crippen LogP contribution >= 0.6 is 0 Å². The van der Waals surface area contributed by atoms with Crippen LogP contribution in [-0.2, 0) is 33.4 Å². The molecule has 2 N–H and O–H groups in total. The molecule has 0 radical (unpaired) electrons. The van der Waals surface area contributed by atoms with Gasteiger partial charge in [-0.05, 0) is 79.6 Å². The molecule has 0 aromatic heterocycles. The molecule has 4 aliphatic rings. The summed E-state index contributed by atoms with van der Waals surface area (Å²) in [6.45, 7) is 18.8. The molecule has 4 aliphatic carbocycles. The number of carbonyl (C=O) groups excluding carboxylic acids is 3. The number of ether oxygens (including phenoxy) is 3. The number of aliphatic hydroxyl groups is 1. The summed E-state index contributed by atoms with van der Waals surface area (Å²) in [6.07, 6.45) is 4.04. The molecule has 0 aromatic rings. The molecule has 45 heavy (non-hydrogen) atoms. The fourth-order valence-corrected chi connectivity index (χ4v) is 10.5. The van der Waals surface area contributed by atoms with Gasteiger partial charge in [-0.15, -0.1) is 0 Å². The van der Waals surface area contributed by atoms with E-state index in [0.717, 1.165) is 31.3 Å². The lowest BCUT2D eigenvalue weighted by atomic mass is 9.42. The maximum Gasteiger partial charge on any atom is 0.330 e. The van der Waals surface area contributed by atoms with Gasteiger partial charge in [0.25, 0.3) is 0 Å². The SMILES string of the molecule is CC(=O)O[C@@H](C/C=C(\C)C(=O)O)[C@@H](C)[C@H]1C[C@H](OC(C)=O)[C@@]2(C)C3=C(CC[C@]12C)[C@@]1(C)CC[C@@H](OC(C)=O)C(C)(C)[C@@H]1C[C@H]3O. The van der Waals surface area contributed by atoms with Crippen LogP contribution in [0.25, 0.3) is 0 Å². The van der Waals surface area contributed by atoms with E-state index in [0.29, 0.717) is 12.8 Å². The Hall–Kier alpha value is -2.68. The average Bonchev–Trinajstić information content (AvgIpc) is 3.15. The second kappa shape index (κ2) is 12.2. The summed E-state index contributed by atoms with van der Waals surface area (Å²) in [5.74, 6) is -2.25. The predicted molar refractivity (Wildman–Crippen MR) is 168 cm³/mol. The number of carboxylic acid groups (broad SMARTS) is 1. The standard InChI is InChI=1S/C36H54O9/c1-19(32(41)42)11-12-27(43-21(3)37)20(2)25-17-30(45-23(5)39)36(10)31-24(13-16-35(25,36)9)34(8)15-14-29(44-22(4)38)33(6,7)28(34)18-26(31)40/h11,20,25-30,40H,12-18H2,1-10H3,(H,41,42)/b19-11+/t20-,25+,26+,27-,28-,29+,30-,34+,35+,36-/m0/s1. The van der Waals surface area contributed by atoms with E-state index >= 15 is 0 Å². The van der Waals surface area contributed by atoms with Crippen LogP contribution in [0, 0.1) is 39.4 Å². The van der Waals surface area contributed by atoms with Crippen molar-refractivity contribution in [2.45, 2.75) is 139 Å². The van der Waals surface area contributed by atoms with Gasteiger partial charge in [-0.1, -0.05) is 53.2 Å². The molecule has 9 nitrogen and oxygen atoms in total. The lowest BCUT2D eigenvalue weighted by Crippen LogP contribution is -2.60. The quantitative estimate of drug-likeness (QED) is 0.140. The fourth-order valence-electron chi connectivity index (χ4n) is 10.5. The first-order valence-electron chi connectivity index (χ1n) is 16.6. The zero-order chi connectivity index (χ0) is 33.9. The van der Waals surface area contributed by atoms with Gasteiger partial charge in [-0.3, -0.25) is 14.4 Å². The second-order valence-corrected chi connectivity index (χ2v) is 15.6. The number of fused-ring (bicyclic) bond motifs is 4. The van der Waals surface area contributed by atoms with E-state index in [-0.39, 0.29) is 58.6 Å². The molecule has 0 aliphatic heterocycles. The first-order chi connectivity index (χ1) is 20.7. The highest BCUT2D eigenvalue weighted by Gasteiger charge is 2.69. The normalized spacial score (nSPS) is 38.6. The van der Waals surface area contributed by atoms with Gasteiger partial charge in [-0.25, -0.2) is 4.79 Å². The van der Waals surface area contributed by atoms with Crippen molar-refractivity contribution in [2.75, 3.05) is 0 Å². The summed E-state index contributed by atoms with van der Waals surface area (Å²) in [7, 11) is 0. The summed E-state index contributed by atoms with van der Waals surface area (Å²) >= 11 is 0. The van der Waals surface area contributed by atoms with Crippen molar-refractivity contribution >= 4 is 23.9 Å². The van der Waals surface area contributed by atoms with E-state index in [1.54, 1.807) is 6.08 Å². The fraction of sp³-hybridized carbons (Fsp3) is 0.778. The molecule has 0 heterocycles. The number of aliphatic carboxylic acids is 1. The minimum atomic E-state index is -1.02. The molecule has 0 aromatic carbocycles. The van der Waals surface area contributed by atoms with Gasteiger partial charge in [0.05, 0.1) is 6.10 Å². The van der Waals surface area contributed by atoms with Crippen molar-refractivity contribution < 1.29 is 43.6 Å². The Kier molecular flexibility index (Phi) is 9.51. The zero-order valence-corrected chi connectivity index (χ0v) is 28.8. The minimum absolute atomic E-state index is 0.0438. The number of rotatable bonds is 8. The molecule has 9 heteroatoms. The van der Waals surface area contributed by atoms with Crippen LogP contribution < -0.4 is 0 Å². The summed E-state index contributed by atoms with van der Waals surface area (Å²) in [4.78, 5) is 48.3. The molecule has 4 rings (SSSR count). The van der Waals surface area contributed by atoms with Crippen LogP contribution in [0.2, 0.25) is 0 Å². The molecule has 2 saturated carbocycles. The highest BCUT2D eigenvalue weighted by molar-refractivity contribution is 5.85. The van der Waals surface area contributed by atoms with Crippen molar-refractivity contribution in [3.63, 3.8) is 0 Å². The number of esters is 3. The Labute approximate surface area is 268 Å². The highest BCUT2D eigenvalue weighted by atomic mass is 16.6. The molecule has 0 unspecified atom stereocenters. The number of allylic oxidation sites excluding steroid dienone is 1. The Morgan fingerprint density at radius 1 is 0.911 bits per heavy atom. The number of aliphatic hydroxyl groups excluding tert-OH is 1. The van der Waals surface area contributed by atoms with Gasteiger partial charge in [0, 0.05) is 43.6 Å². The van der Waals surface area contributed by atoms with Crippen LogP contribution in [0.15, 0.2) is 22.8 Å². The Bertz CT molecular complexity index is 1290. The summed E-state index contributed by atoms with van der Waals surface area (Å²) in [5.41, 5.74) is 0.772. The first kappa shape index (κ1) is 35.2. The van der Waals surface area contributed by atoms with Crippen LogP contribution in [0.4, 0.5) is 0 Å². The van der Waals surface area contributed by atoms with E-state index in [1.165, 1.54) is 33.3 Å². The van der Waals surface area contributed by atoms with Gasteiger partial charge in [0.2, 0.25) is 0 Å². The first-order valence-corrected chi connectivity index (χ1v) is 16.6. The molecule has 0 saturated heterocycles. The van der Waals surface area contributed by atoms with Crippen molar-refractivity contribution in [3.8, 4) is 0 Å². The molecule has 0 spiro atoms. The third-order valence-electron chi connectivity index (χ3n) is 12.9. The van der Waals surface area contributed by atoms with E-state index in [9.17, 15) is 29.4 Å². The topological polar surface area (TPSA) is 136 Å². The average molecular weight is 631 g/mol. The molecular weight excluding hydrogens is 576 g/mol. The third-order valence-corrected chi connectivity index (χ3v) is 12.9. The molecule has 2 fully saturated rings. The predicted octanol–water partition coefficient (Wildman–Crippen LogP) is 6.17. The largest absolute Gasteiger partial charge is 0.478 e. The van der Waals surface area contributed by atoms with Gasteiger partial charge < -0.3 is 24.4 Å². The van der Waals surface area contributed by atoms with Gasteiger partial charge >= 0.3 is 23.9 Å². The molecule has 0 amide bonds. The van der Waals surface area contributed by atoms with Crippen LogP contribution in [0.5, 0.6) is 0 Å². The van der Waals surface area contributed by atoms with Gasteiger partial charge in [0.1, 0.15) is 18.3 Å². The maximum atomic E-state index is 12.6. The van der Waals surface area contributed by atoms with Crippen LogP contribution in [0.3, 0.4) is 0 Å². The molecule has 10 atom stereocenters. The second-order valence-electron chi connectivity index (χ2n) is 15.6. The van der Waals surface area contributed by atoms with Crippen molar-refractivity contribution in [1.82, 2.24) is 0 Å². The summed E-state index contributed by atoms with van der Waals surface area (Å²) in [6, 6.07) is 0. The van der Waals surface area contributed by atoms with Crippen LogP contribution in [0.1, 0.15) is 114 Å². The Balaban J connectivity index is 1.81. The Morgan fingerprint density at radius 2 is 1.51 bits per heavy atom. The van der Waals surface area contributed by atoms with E-state index in [4.69, 9.17) is 14.2 Å². The van der Waals surface area contributed by atoms with Gasteiger partial charge in [-0.2, -0.15) is 0 Å². The summed E-state index contributed by atoms with van der Waals surface area (Å²) < 4.78 is 17.8. The highest BCUT2D eigenvalue weighted by Crippen LogP contribution is 2.73. The zero-order valence-electron chi connectivity index (χ0n) is 28.8. The molecular formula is C36H54O9. The minimum Gasteiger partial charge on any atom is -0.478 e. The lowest BCUT2D eigenvalue weighted by molar-refractivity contribution is -0.171. The van der Waals surface area contributed by atoms with Crippen molar-refractivity contribution in [1.29, 1.82) is 0 Å². The number of hydrogen-bond acceptors (Lipinski definition) is 8. The third kappa shape index (κ3) is 5.76. The van der Waals surface area contributed by atoms with Crippen molar-refractivity contribution in [3.05, 3.63) is 22.8 Å². The van der Waals surface area contributed by atoms with Crippen LogP contribution in [-0.4, -0.2) is 58.5 Å². The summed E-state index contributed by atoms with van der Waals surface area (Å²) in [5, 5.41) is 21.6. The number of hydrogen-bond donors (Lipinski definition) is 2. The van der Waals surface area contributed by atoms with Gasteiger partial charge in [0.15, 0.2) is 0 Å². The number of carbonyl (C=O) groups is 4. The van der Waals surface area contributed by atoms with E-state index < -0.39 is 41.1 Å². The molecule has 252 valence electrons. The number of carboxylic acids is 1. The Morgan fingerprint density at radius 3 is 2.07 bits per heavy atom. The monoisotopic (exact) mass is 630 g/mol. The lowest BCUT2D eigenvalue weighted by Gasteiger charge is -2.63.